The van der Waals surface area contributed by atoms with Crippen molar-refractivity contribution < 1.29 is 4.74 Å². The summed E-state index contributed by atoms with van der Waals surface area (Å²) in [5.41, 5.74) is 2.78. The Morgan fingerprint density at radius 1 is 1.24 bits per heavy atom. The Labute approximate surface area is 107 Å². The molecule has 3 heteroatoms. The highest BCUT2D eigenvalue weighted by atomic mass is 32.2. The van der Waals surface area contributed by atoms with Crippen molar-refractivity contribution in [3.05, 3.63) is 29.3 Å². The molecule has 0 atom stereocenters. The minimum Gasteiger partial charge on any atom is -0.493 e. The van der Waals surface area contributed by atoms with Crippen LogP contribution in [0.15, 0.2) is 18.2 Å². The Hall–Kier alpha value is -0.670. The van der Waals surface area contributed by atoms with E-state index >= 15 is 0 Å². The minimum absolute atomic E-state index is 0.765. The average Bonchev–Trinajstić information content (AvgIpc) is 2.86. The minimum atomic E-state index is 0.765. The van der Waals surface area contributed by atoms with Gasteiger partial charge in [0.1, 0.15) is 5.75 Å². The lowest BCUT2D eigenvalue weighted by atomic mass is 10.0. The zero-order chi connectivity index (χ0) is 11.5. The lowest BCUT2D eigenvalue weighted by Gasteiger charge is -2.22. The van der Waals surface area contributed by atoms with Gasteiger partial charge >= 0.3 is 0 Å². The number of nitrogens with one attached hydrogen (secondary N) is 1. The van der Waals surface area contributed by atoms with Gasteiger partial charge in [0.05, 0.1) is 6.61 Å². The number of fused-ring (bicyclic) bond motifs is 1. The van der Waals surface area contributed by atoms with E-state index in [4.69, 9.17) is 4.74 Å². The van der Waals surface area contributed by atoms with Crippen LogP contribution in [0.5, 0.6) is 5.75 Å². The molecule has 2 nitrogen and oxygen atoms in total. The van der Waals surface area contributed by atoms with Crippen LogP contribution in [0.3, 0.4) is 0 Å². The Bertz CT molecular complexity index is 388. The van der Waals surface area contributed by atoms with Crippen LogP contribution < -0.4 is 10.1 Å². The highest BCUT2D eigenvalue weighted by Gasteiger charge is 2.17. The highest BCUT2D eigenvalue weighted by Crippen LogP contribution is 2.28. The second-order valence-electron chi connectivity index (χ2n) is 4.86. The second-order valence-corrected chi connectivity index (χ2v) is 6.09. The lowest BCUT2D eigenvalue weighted by Crippen LogP contribution is -2.18. The summed E-state index contributed by atoms with van der Waals surface area (Å²) in [6.07, 6.45) is 2.63. The number of hydrogen-bond donors (Lipinski definition) is 1. The van der Waals surface area contributed by atoms with Crippen LogP contribution in [-0.4, -0.2) is 18.1 Å². The van der Waals surface area contributed by atoms with Gasteiger partial charge in [-0.25, -0.2) is 0 Å². The third-order valence-corrected chi connectivity index (χ3v) is 4.71. The van der Waals surface area contributed by atoms with Crippen LogP contribution in [0.25, 0.3) is 0 Å². The standard InChI is InChI=1S/C14H19NOS/c1-2-12-8-15-9-13(12)14(3-1)16-10-11-4-6-17-7-5-11/h1-3,11,15H,4-10H2. The molecule has 1 saturated heterocycles. The van der Waals surface area contributed by atoms with E-state index in [0.29, 0.717) is 0 Å². The quantitative estimate of drug-likeness (QED) is 0.890. The zero-order valence-corrected chi connectivity index (χ0v) is 10.9. The monoisotopic (exact) mass is 249 g/mol. The Kier molecular flexibility index (Phi) is 3.57. The fourth-order valence-electron chi connectivity index (χ4n) is 2.56. The first-order valence-corrected chi connectivity index (χ1v) is 7.61. The maximum atomic E-state index is 6.04. The van der Waals surface area contributed by atoms with Crippen molar-refractivity contribution in [2.45, 2.75) is 25.9 Å². The number of ether oxygens (including phenoxy) is 1. The van der Waals surface area contributed by atoms with E-state index in [1.54, 1.807) is 0 Å². The summed E-state index contributed by atoms with van der Waals surface area (Å²) in [7, 11) is 0. The molecule has 1 fully saturated rings. The fourth-order valence-corrected chi connectivity index (χ4v) is 3.76. The molecule has 0 bridgehead atoms. The van der Waals surface area contributed by atoms with Crippen molar-refractivity contribution in [2.24, 2.45) is 5.92 Å². The average molecular weight is 249 g/mol. The number of benzene rings is 1. The summed E-state index contributed by atoms with van der Waals surface area (Å²) in [6, 6.07) is 6.42. The first-order chi connectivity index (χ1) is 8.43. The molecule has 0 aromatic heterocycles. The molecule has 0 amide bonds. The van der Waals surface area contributed by atoms with Crippen molar-refractivity contribution in [2.75, 3.05) is 18.1 Å². The molecule has 0 unspecified atom stereocenters. The summed E-state index contributed by atoms with van der Waals surface area (Å²) in [5.74, 6) is 4.48. The molecular formula is C14H19NOS. The van der Waals surface area contributed by atoms with Crippen LogP contribution in [-0.2, 0) is 13.1 Å². The molecule has 0 saturated carbocycles. The summed E-state index contributed by atoms with van der Waals surface area (Å²) in [4.78, 5) is 0. The van der Waals surface area contributed by atoms with Crippen LogP contribution >= 0.6 is 11.8 Å². The van der Waals surface area contributed by atoms with Gasteiger partial charge in [0, 0.05) is 18.7 Å². The molecule has 92 valence electrons. The molecule has 0 radical (unpaired) electrons. The predicted octanol–water partition coefficient (Wildman–Crippen LogP) is 2.81. The third kappa shape index (κ3) is 2.61. The molecular weight excluding hydrogens is 230 g/mol. The molecule has 3 rings (SSSR count). The van der Waals surface area contributed by atoms with Crippen LogP contribution in [0.2, 0.25) is 0 Å². The molecule has 0 spiro atoms. The first-order valence-electron chi connectivity index (χ1n) is 6.45. The fraction of sp³-hybridized carbons (Fsp3) is 0.571. The lowest BCUT2D eigenvalue weighted by molar-refractivity contribution is 0.238. The Morgan fingerprint density at radius 3 is 3.00 bits per heavy atom. The van der Waals surface area contributed by atoms with Gasteiger partial charge < -0.3 is 10.1 Å². The molecule has 1 N–H and O–H groups in total. The zero-order valence-electron chi connectivity index (χ0n) is 10.1. The van der Waals surface area contributed by atoms with Crippen molar-refractivity contribution in [1.82, 2.24) is 5.32 Å². The number of hydrogen-bond acceptors (Lipinski definition) is 3. The first kappa shape index (κ1) is 11.4. The summed E-state index contributed by atoms with van der Waals surface area (Å²) in [6.45, 7) is 2.86. The van der Waals surface area contributed by atoms with Gasteiger partial charge in [0.2, 0.25) is 0 Å². The topological polar surface area (TPSA) is 21.3 Å². The van der Waals surface area contributed by atoms with Gasteiger partial charge in [-0.2, -0.15) is 11.8 Å². The molecule has 2 heterocycles. The van der Waals surface area contributed by atoms with Gasteiger partial charge in [0.15, 0.2) is 0 Å². The van der Waals surface area contributed by atoms with Crippen molar-refractivity contribution in [3.8, 4) is 5.75 Å². The van der Waals surface area contributed by atoms with E-state index in [2.05, 4.69) is 35.3 Å². The van der Waals surface area contributed by atoms with Gasteiger partial charge in [-0.3, -0.25) is 0 Å². The van der Waals surface area contributed by atoms with E-state index in [0.717, 1.165) is 31.4 Å². The van der Waals surface area contributed by atoms with Crippen molar-refractivity contribution >= 4 is 11.8 Å². The van der Waals surface area contributed by atoms with E-state index in [1.165, 1.54) is 35.5 Å². The van der Waals surface area contributed by atoms with E-state index in [1.807, 2.05) is 0 Å². The van der Waals surface area contributed by atoms with Gasteiger partial charge in [-0.1, -0.05) is 12.1 Å². The largest absolute Gasteiger partial charge is 0.493 e. The van der Waals surface area contributed by atoms with E-state index in [9.17, 15) is 0 Å². The number of thioether (sulfide) groups is 1. The van der Waals surface area contributed by atoms with Crippen LogP contribution in [0.1, 0.15) is 24.0 Å². The summed E-state index contributed by atoms with van der Waals surface area (Å²) in [5, 5.41) is 3.38. The van der Waals surface area contributed by atoms with E-state index in [-0.39, 0.29) is 0 Å². The summed E-state index contributed by atoms with van der Waals surface area (Å²) < 4.78 is 6.04. The molecule has 0 aliphatic carbocycles. The Morgan fingerprint density at radius 2 is 2.12 bits per heavy atom. The third-order valence-electron chi connectivity index (χ3n) is 3.66. The molecule has 1 aromatic rings. The molecule has 1 aromatic carbocycles. The van der Waals surface area contributed by atoms with Crippen LogP contribution in [0.4, 0.5) is 0 Å². The van der Waals surface area contributed by atoms with E-state index < -0.39 is 0 Å². The SMILES string of the molecule is c1cc2c(c(OCC3CCSCC3)c1)CNC2. The summed E-state index contributed by atoms with van der Waals surface area (Å²) >= 11 is 2.07. The Balaban J connectivity index is 1.63. The maximum Gasteiger partial charge on any atom is 0.124 e. The van der Waals surface area contributed by atoms with Gasteiger partial charge in [-0.05, 0) is 41.9 Å². The number of rotatable bonds is 3. The normalized spacial score (nSPS) is 20.2. The van der Waals surface area contributed by atoms with Gasteiger partial charge in [0.25, 0.3) is 0 Å². The van der Waals surface area contributed by atoms with Crippen LogP contribution in [0, 0.1) is 5.92 Å². The van der Waals surface area contributed by atoms with Crippen molar-refractivity contribution in [3.63, 3.8) is 0 Å². The maximum absolute atomic E-state index is 6.04. The van der Waals surface area contributed by atoms with Gasteiger partial charge in [-0.15, -0.1) is 0 Å². The molecule has 2 aliphatic rings. The molecule has 17 heavy (non-hydrogen) atoms. The molecule has 2 aliphatic heterocycles. The predicted molar refractivity (Wildman–Crippen MR) is 72.5 cm³/mol. The smallest absolute Gasteiger partial charge is 0.124 e. The highest BCUT2D eigenvalue weighted by molar-refractivity contribution is 7.99. The van der Waals surface area contributed by atoms with Crippen molar-refractivity contribution in [1.29, 1.82) is 0 Å². The second kappa shape index (κ2) is 5.32.